The van der Waals surface area contributed by atoms with E-state index in [2.05, 4.69) is 29.4 Å². The van der Waals surface area contributed by atoms with Gasteiger partial charge in [-0.3, -0.25) is 20.0 Å². The predicted molar refractivity (Wildman–Crippen MR) is 107 cm³/mol. The first-order valence-electron chi connectivity index (χ1n) is 9.26. The van der Waals surface area contributed by atoms with Crippen LogP contribution in [-0.2, 0) is 4.79 Å². The van der Waals surface area contributed by atoms with Gasteiger partial charge in [0.2, 0.25) is 0 Å². The Labute approximate surface area is 162 Å². The van der Waals surface area contributed by atoms with E-state index in [0.29, 0.717) is 6.42 Å². The second-order valence-corrected chi connectivity index (χ2v) is 8.25. The molecule has 2 heterocycles. The van der Waals surface area contributed by atoms with Crippen molar-refractivity contribution in [1.29, 1.82) is 0 Å². The second kappa shape index (κ2) is 6.44. The fourth-order valence-corrected chi connectivity index (χ4v) is 4.11. The number of aromatic amines is 1. The van der Waals surface area contributed by atoms with Crippen LogP contribution in [-0.4, -0.2) is 20.9 Å². The average molecular weight is 378 g/mol. The van der Waals surface area contributed by atoms with Crippen LogP contribution >= 0.6 is 0 Å². The SMILES string of the molecule is Cc1[nH]nc2c1C(/C=C/c1ccc([N+](=O)[O-])cc1)C1=C(CC(C)(C)CC1=O)N2. The van der Waals surface area contributed by atoms with Crippen LogP contribution in [0.2, 0.25) is 0 Å². The number of carbonyl (C=O) groups is 1. The lowest BCUT2D eigenvalue weighted by molar-refractivity contribution is -0.384. The Bertz CT molecular complexity index is 1030. The fraction of sp³-hybridized carbons (Fsp3) is 0.333. The quantitative estimate of drug-likeness (QED) is 0.605. The molecule has 2 aromatic rings. The van der Waals surface area contributed by atoms with Crippen LogP contribution in [0.15, 0.2) is 41.6 Å². The first-order valence-corrected chi connectivity index (χ1v) is 9.26. The first kappa shape index (κ1) is 18.2. The molecule has 0 saturated heterocycles. The molecule has 1 atom stereocenters. The van der Waals surface area contributed by atoms with Gasteiger partial charge in [0.15, 0.2) is 11.6 Å². The molecule has 7 nitrogen and oxygen atoms in total. The van der Waals surface area contributed by atoms with Crippen molar-refractivity contribution < 1.29 is 9.72 Å². The van der Waals surface area contributed by atoms with Crippen LogP contribution in [0.3, 0.4) is 0 Å². The zero-order valence-corrected chi connectivity index (χ0v) is 16.1. The number of hydrogen-bond acceptors (Lipinski definition) is 5. The minimum absolute atomic E-state index is 0.0571. The Hall–Kier alpha value is -3.22. The van der Waals surface area contributed by atoms with Crippen molar-refractivity contribution in [2.75, 3.05) is 5.32 Å². The zero-order valence-electron chi connectivity index (χ0n) is 16.1. The van der Waals surface area contributed by atoms with Crippen LogP contribution in [0.25, 0.3) is 6.08 Å². The first-order chi connectivity index (χ1) is 13.2. The third-order valence-corrected chi connectivity index (χ3v) is 5.39. The van der Waals surface area contributed by atoms with Crippen LogP contribution in [0, 0.1) is 22.5 Å². The Morgan fingerprint density at radius 2 is 1.96 bits per heavy atom. The number of anilines is 1. The largest absolute Gasteiger partial charge is 0.342 e. The highest BCUT2D eigenvalue weighted by Gasteiger charge is 2.40. The van der Waals surface area contributed by atoms with Crippen LogP contribution in [0.1, 0.15) is 49.4 Å². The molecule has 4 rings (SSSR count). The van der Waals surface area contributed by atoms with Crippen molar-refractivity contribution >= 4 is 23.4 Å². The molecule has 1 aromatic heterocycles. The van der Waals surface area contributed by atoms with Crippen molar-refractivity contribution in [3.05, 3.63) is 68.5 Å². The average Bonchev–Trinajstić information content (AvgIpc) is 2.98. The lowest BCUT2D eigenvalue weighted by Crippen LogP contribution is -2.33. The lowest BCUT2D eigenvalue weighted by atomic mass is 9.70. The summed E-state index contributed by atoms with van der Waals surface area (Å²) in [6.07, 6.45) is 5.21. The highest BCUT2D eigenvalue weighted by molar-refractivity contribution is 6.01. The van der Waals surface area contributed by atoms with E-state index in [-0.39, 0.29) is 22.8 Å². The van der Waals surface area contributed by atoms with E-state index in [0.717, 1.165) is 40.3 Å². The third-order valence-electron chi connectivity index (χ3n) is 5.39. The summed E-state index contributed by atoms with van der Waals surface area (Å²) in [6, 6.07) is 6.38. The fourth-order valence-electron chi connectivity index (χ4n) is 4.11. The number of rotatable bonds is 3. The van der Waals surface area contributed by atoms with E-state index < -0.39 is 4.92 Å². The highest BCUT2D eigenvalue weighted by atomic mass is 16.6. The molecule has 28 heavy (non-hydrogen) atoms. The number of non-ortho nitro benzene ring substituents is 1. The number of nitro groups is 1. The Morgan fingerprint density at radius 1 is 1.25 bits per heavy atom. The molecule has 1 aliphatic carbocycles. The summed E-state index contributed by atoms with van der Waals surface area (Å²) in [7, 11) is 0. The lowest BCUT2D eigenvalue weighted by Gasteiger charge is -2.37. The number of nitrogens with one attached hydrogen (secondary N) is 2. The molecule has 0 bridgehead atoms. The number of Topliss-reactive ketones (excluding diaryl/α,β-unsaturated/α-hetero) is 1. The van der Waals surface area contributed by atoms with Crippen molar-refractivity contribution in [1.82, 2.24) is 10.2 Å². The molecule has 1 aromatic carbocycles. The van der Waals surface area contributed by atoms with E-state index in [4.69, 9.17) is 0 Å². The van der Waals surface area contributed by atoms with Gasteiger partial charge in [-0.2, -0.15) is 5.10 Å². The molecule has 0 radical (unpaired) electrons. The van der Waals surface area contributed by atoms with Gasteiger partial charge in [-0.05, 0) is 36.5 Å². The standard InChI is InChI=1S/C21H22N4O3/c1-12-18-15(9-6-13-4-7-14(8-5-13)25(27)28)19-16(22-20(18)24-23-12)10-21(2,3)11-17(19)26/h4-9,15H,10-11H2,1-3H3,(H2,22,23,24)/b9-6+. The number of hydrogen-bond donors (Lipinski definition) is 2. The Kier molecular flexibility index (Phi) is 4.18. The van der Waals surface area contributed by atoms with E-state index in [1.165, 1.54) is 12.1 Å². The van der Waals surface area contributed by atoms with E-state index in [9.17, 15) is 14.9 Å². The third kappa shape index (κ3) is 3.13. The summed E-state index contributed by atoms with van der Waals surface area (Å²) in [4.78, 5) is 23.4. The monoisotopic (exact) mass is 378 g/mol. The smallest absolute Gasteiger partial charge is 0.269 e. The van der Waals surface area contributed by atoms with Gasteiger partial charge in [0.05, 0.1) is 4.92 Å². The molecule has 0 saturated carbocycles. The van der Waals surface area contributed by atoms with Crippen molar-refractivity contribution in [3.63, 3.8) is 0 Å². The van der Waals surface area contributed by atoms with E-state index in [1.807, 2.05) is 19.1 Å². The van der Waals surface area contributed by atoms with Gasteiger partial charge in [-0.15, -0.1) is 0 Å². The number of nitro benzene ring substituents is 1. The molecule has 0 amide bonds. The number of H-pyrrole nitrogens is 1. The number of aromatic nitrogens is 2. The molecule has 1 unspecified atom stereocenters. The number of nitrogens with zero attached hydrogens (tertiary/aromatic N) is 2. The zero-order chi connectivity index (χ0) is 20.1. The summed E-state index contributed by atoms with van der Waals surface area (Å²) < 4.78 is 0. The van der Waals surface area contributed by atoms with Gasteiger partial charge >= 0.3 is 0 Å². The van der Waals surface area contributed by atoms with Gasteiger partial charge in [0, 0.05) is 47.0 Å². The number of ketones is 1. The maximum absolute atomic E-state index is 13.0. The number of fused-ring (bicyclic) bond motifs is 1. The Morgan fingerprint density at radius 3 is 2.64 bits per heavy atom. The number of carbonyl (C=O) groups excluding carboxylic acids is 1. The van der Waals surface area contributed by atoms with E-state index >= 15 is 0 Å². The van der Waals surface area contributed by atoms with Crippen molar-refractivity contribution in [3.8, 4) is 0 Å². The molecule has 144 valence electrons. The highest BCUT2D eigenvalue weighted by Crippen LogP contribution is 2.47. The van der Waals surface area contributed by atoms with Crippen molar-refractivity contribution in [2.45, 2.75) is 39.5 Å². The van der Waals surface area contributed by atoms with E-state index in [1.54, 1.807) is 12.1 Å². The molecule has 7 heteroatoms. The molecular weight excluding hydrogens is 356 g/mol. The summed E-state index contributed by atoms with van der Waals surface area (Å²) in [6.45, 7) is 6.15. The molecule has 0 spiro atoms. The molecule has 2 N–H and O–H groups in total. The molecule has 1 aliphatic heterocycles. The minimum Gasteiger partial charge on any atom is -0.342 e. The predicted octanol–water partition coefficient (Wildman–Crippen LogP) is 4.49. The van der Waals surface area contributed by atoms with Gasteiger partial charge in [0.1, 0.15) is 0 Å². The molecule has 2 aliphatic rings. The normalized spacial score (nSPS) is 20.7. The number of benzene rings is 1. The topological polar surface area (TPSA) is 101 Å². The van der Waals surface area contributed by atoms with Gasteiger partial charge in [0.25, 0.3) is 5.69 Å². The summed E-state index contributed by atoms with van der Waals surface area (Å²) in [5.74, 6) is 0.729. The van der Waals surface area contributed by atoms with Crippen LogP contribution in [0.4, 0.5) is 11.5 Å². The molecule has 0 fully saturated rings. The summed E-state index contributed by atoms with van der Waals surface area (Å²) in [5.41, 5.74) is 4.46. The summed E-state index contributed by atoms with van der Waals surface area (Å²) in [5, 5.41) is 21.6. The van der Waals surface area contributed by atoms with Crippen LogP contribution in [0.5, 0.6) is 0 Å². The summed E-state index contributed by atoms with van der Waals surface area (Å²) >= 11 is 0. The van der Waals surface area contributed by atoms with Crippen molar-refractivity contribution in [2.24, 2.45) is 5.41 Å². The Balaban J connectivity index is 1.74. The molecular formula is C21H22N4O3. The van der Waals surface area contributed by atoms with Gasteiger partial charge in [-0.1, -0.05) is 26.0 Å². The second-order valence-electron chi connectivity index (χ2n) is 8.25. The maximum atomic E-state index is 13.0. The number of aryl methyl sites for hydroxylation is 1. The van der Waals surface area contributed by atoms with Gasteiger partial charge in [-0.25, -0.2) is 0 Å². The van der Waals surface area contributed by atoms with Gasteiger partial charge < -0.3 is 5.32 Å². The maximum Gasteiger partial charge on any atom is 0.269 e. The van der Waals surface area contributed by atoms with Crippen LogP contribution < -0.4 is 5.32 Å². The number of allylic oxidation sites excluding steroid dienone is 3. The minimum atomic E-state index is -0.416.